The first-order valence-corrected chi connectivity index (χ1v) is 13.5. The third kappa shape index (κ3) is 6.49. The standard InChI is InChI=1S/C17H29N5O9P2/c1-3-5-28-32(24,25)30-8-11-7-13(12(11)9-31-33(26,27)29-6-4-2)22-10-19-14-15(22)20-17(18)21-16(14)23/h10-13H,3-9H2,1-2H3,(H,24,25)(H,26,27)(H3,18,20,21,23)/t11-,12+,13-/m1/s1. The number of fused-ring (bicyclic) bond motifs is 1. The van der Waals surface area contributed by atoms with Crippen LogP contribution in [-0.4, -0.2) is 55.7 Å². The van der Waals surface area contributed by atoms with Crippen LogP contribution in [0.1, 0.15) is 39.2 Å². The van der Waals surface area contributed by atoms with E-state index in [0.717, 1.165) is 0 Å². The molecule has 0 saturated heterocycles. The van der Waals surface area contributed by atoms with Crippen molar-refractivity contribution in [1.82, 2.24) is 19.5 Å². The van der Waals surface area contributed by atoms with E-state index < -0.39 is 27.1 Å². The highest BCUT2D eigenvalue weighted by molar-refractivity contribution is 7.47. The number of nitrogens with two attached hydrogens (primary N) is 1. The zero-order valence-electron chi connectivity index (χ0n) is 18.3. The minimum absolute atomic E-state index is 0.0506. The van der Waals surface area contributed by atoms with E-state index in [-0.39, 0.29) is 55.5 Å². The molecule has 1 saturated carbocycles. The molecule has 0 spiro atoms. The van der Waals surface area contributed by atoms with Gasteiger partial charge in [0.2, 0.25) is 5.95 Å². The Morgan fingerprint density at radius 2 is 1.73 bits per heavy atom. The van der Waals surface area contributed by atoms with Crippen LogP contribution in [0.4, 0.5) is 5.95 Å². The molecule has 0 amide bonds. The van der Waals surface area contributed by atoms with Crippen LogP contribution < -0.4 is 11.3 Å². The fraction of sp³-hybridized carbons (Fsp3) is 0.706. The van der Waals surface area contributed by atoms with Crippen molar-refractivity contribution in [1.29, 1.82) is 0 Å². The lowest BCUT2D eigenvalue weighted by molar-refractivity contribution is -0.0106. The van der Waals surface area contributed by atoms with Gasteiger partial charge in [0.05, 0.1) is 32.8 Å². The molecule has 2 aromatic rings. The Hall–Kier alpha value is -1.63. The highest BCUT2D eigenvalue weighted by Gasteiger charge is 2.45. The number of rotatable bonds is 13. The van der Waals surface area contributed by atoms with Gasteiger partial charge in [0.1, 0.15) is 0 Å². The summed E-state index contributed by atoms with van der Waals surface area (Å²) in [5.74, 6) is -0.839. The molecule has 0 aromatic carbocycles. The molecule has 0 aliphatic heterocycles. The average Bonchev–Trinajstić information content (AvgIpc) is 3.13. The van der Waals surface area contributed by atoms with E-state index >= 15 is 0 Å². The van der Waals surface area contributed by atoms with E-state index in [4.69, 9.17) is 23.8 Å². The maximum absolute atomic E-state index is 12.1. The first kappa shape index (κ1) is 26.0. The van der Waals surface area contributed by atoms with E-state index in [1.807, 2.05) is 0 Å². The van der Waals surface area contributed by atoms with Crippen molar-refractivity contribution in [2.45, 2.75) is 39.2 Å². The summed E-state index contributed by atoms with van der Waals surface area (Å²) in [5.41, 5.74) is 5.51. The molecule has 5 N–H and O–H groups in total. The van der Waals surface area contributed by atoms with Gasteiger partial charge in [-0.05, 0) is 25.2 Å². The summed E-state index contributed by atoms with van der Waals surface area (Å²) < 4.78 is 45.8. The molecule has 2 heterocycles. The van der Waals surface area contributed by atoms with Gasteiger partial charge in [0.25, 0.3) is 5.56 Å². The van der Waals surface area contributed by atoms with Gasteiger partial charge in [0.15, 0.2) is 11.2 Å². The van der Waals surface area contributed by atoms with Crippen LogP contribution in [0.15, 0.2) is 11.1 Å². The molecule has 3 rings (SSSR count). The van der Waals surface area contributed by atoms with Gasteiger partial charge < -0.3 is 20.1 Å². The number of phosphoric acid groups is 2. The summed E-state index contributed by atoms with van der Waals surface area (Å²) >= 11 is 0. The number of nitrogens with zero attached hydrogens (tertiary/aromatic N) is 3. The van der Waals surface area contributed by atoms with Crippen molar-refractivity contribution >= 4 is 32.8 Å². The molecular formula is C17H29N5O9P2. The van der Waals surface area contributed by atoms with Crippen LogP contribution in [-0.2, 0) is 27.2 Å². The van der Waals surface area contributed by atoms with Crippen molar-refractivity contribution in [3.05, 3.63) is 16.7 Å². The first-order valence-electron chi connectivity index (χ1n) is 10.5. The van der Waals surface area contributed by atoms with Gasteiger partial charge >= 0.3 is 15.6 Å². The van der Waals surface area contributed by atoms with Gasteiger partial charge in [-0.3, -0.25) is 27.9 Å². The number of hydrogen-bond donors (Lipinski definition) is 4. The Morgan fingerprint density at radius 1 is 1.12 bits per heavy atom. The van der Waals surface area contributed by atoms with Crippen LogP contribution in [0.2, 0.25) is 0 Å². The summed E-state index contributed by atoms with van der Waals surface area (Å²) in [5, 5.41) is 0. The van der Waals surface area contributed by atoms with Crippen LogP contribution in [0.3, 0.4) is 0 Å². The Kier molecular flexibility index (Phi) is 8.46. The second kappa shape index (κ2) is 10.7. The number of aromatic nitrogens is 4. The summed E-state index contributed by atoms with van der Waals surface area (Å²) in [6.45, 7) is 3.34. The molecule has 1 aliphatic rings. The number of H-pyrrole nitrogens is 1. The summed E-state index contributed by atoms with van der Waals surface area (Å²) in [7, 11) is -8.52. The summed E-state index contributed by atoms with van der Waals surface area (Å²) in [4.78, 5) is 42.4. The predicted molar refractivity (Wildman–Crippen MR) is 117 cm³/mol. The largest absolute Gasteiger partial charge is 0.472 e. The lowest BCUT2D eigenvalue weighted by atomic mass is 9.70. The molecule has 33 heavy (non-hydrogen) atoms. The third-order valence-electron chi connectivity index (χ3n) is 5.25. The fourth-order valence-electron chi connectivity index (χ4n) is 3.58. The molecule has 2 aromatic heterocycles. The van der Waals surface area contributed by atoms with E-state index in [1.54, 1.807) is 18.4 Å². The lowest BCUT2D eigenvalue weighted by Crippen LogP contribution is -2.43. The van der Waals surface area contributed by atoms with Gasteiger partial charge in [0, 0.05) is 12.0 Å². The quantitative estimate of drug-likeness (QED) is 0.286. The minimum atomic E-state index is -4.29. The van der Waals surface area contributed by atoms with Crippen molar-refractivity contribution < 1.29 is 37.0 Å². The number of hydrogen-bond acceptors (Lipinski definition) is 10. The molecule has 0 bridgehead atoms. The lowest BCUT2D eigenvalue weighted by Gasteiger charge is -2.45. The van der Waals surface area contributed by atoms with Crippen LogP contribution >= 0.6 is 15.6 Å². The van der Waals surface area contributed by atoms with Gasteiger partial charge in [-0.15, -0.1) is 0 Å². The van der Waals surface area contributed by atoms with Crippen LogP contribution in [0.5, 0.6) is 0 Å². The number of imidazole rings is 1. The van der Waals surface area contributed by atoms with Crippen molar-refractivity contribution in [3.8, 4) is 0 Å². The van der Waals surface area contributed by atoms with Gasteiger partial charge in [-0.1, -0.05) is 13.8 Å². The normalized spacial score (nSPS) is 24.3. The smallest absolute Gasteiger partial charge is 0.369 e. The highest BCUT2D eigenvalue weighted by atomic mass is 31.2. The van der Waals surface area contributed by atoms with E-state index in [9.17, 15) is 23.7 Å². The maximum Gasteiger partial charge on any atom is 0.472 e. The Morgan fingerprint density at radius 3 is 2.33 bits per heavy atom. The zero-order chi connectivity index (χ0) is 24.2. The molecule has 186 valence electrons. The fourth-order valence-corrected chi connectivity index (χ4v) is 5.30. The Bertz CT molecular complexity index is 1110. The highest BCUT2D eigenvalue weighted by Crippen LogP contribution is 2.52. The maximum atomic E-state index is 12.1. The van der Waals surface area contributed by atoms with E-state index in [0.29, 0.717) is 19.3 Å². The van der Waals surface area contributed by atoms with Gasteiger partial charge in [-0.25, -0.2) is 14.1 Å². The molecular weight excluding hydrogens is 480 g/mol. The average molecular weight is 509 g/mol. The minimum Gasteiger partial charge on any atom is -0.369 e. The number of nitrogen functional groups attached to an aromatic ring is 1. The Labute approximate surface area is 189 Å². The SMILES string of the molecule is CCCOP(=O)(O)OC[C@H]1C[C@@H](n2cnc3c(=O)[nH]c(N)nc32)[C@H]1COP(=O)(O)OCCC. The number of aromatic amines is 1. The molecule has 1 aliphatic carbocycles. The second-order valence-electron chi connectivity index (χ2n) is 7.70. The molecule has 2 unspecified atom stereocenters. The van der Waals surface area contributed by atoms with Crippen LogP contribution in [0.25, 0.3) is 11.2 Å². The summed E-state index contributed by atoms with van der Waals surface area (Å²) in [6.07, 6.45) is 2.94. The van der Waals surface area contributed by atoms with Gasteiger partial charge in [-0.2, -0.15) is 4.98 Å². The number of anilines is 1. The Balaban J connectivity index is 1.78. The molecule has 0 radical (unpaired) electrons. The molecule has 1 fully saturated rings. The molecule has 5 atom stereocenters. The monoisotopic (exact) mass is 509 g/mol. The predicted octanol–water partition coefficient (Wildman–Crippen LogP) is 1.97. The second-order valence-corrected chi connectivity index (χ2v) is 10.6. The zero-order valence-corrected chi connectivity index (χ0v) is 20.1. The molecule has 16 heteroatoms. The number of nitrogens with one attached hydrogen (secondary N) is 1. The first-order chi connectivity index (χ1) is 15.6. The van der Waals surface area contributed by atoms with Crippen molar-refractivity contribution in [2.24, 2.45) is 11.8 Å². The topological polar surface area (TPSA) is 201 Å². The van der Waals surface area contributed by atoms with Crippen LogP contribution in [0, 0.1) is 11.8 Å². The third-order valence-corrected chi connectivity index (χ3v) is 7.22. The molecule has 14 nitrogen and oxygen atoms in total. The van der Waals surface area contributed by atoms with Crippen molar-refractivity contribution in [2.75, 3.05) is 32.2 Å². The van der Waals surface area contributed by atoms with Crippen molar-refractivity contribution in [3.63, 3.8) is 0 Å². The van der Waals surface area contributed by atoms with E-state index in [2.05, 4.69) is 15.0 Å². The number of phosphoric ester groups is 2. The summed E-state index contributed by atoms with van der Waals surface area (Å²) in [6, 6.07) is -0.349. The van der Waals surface area contributed by atoms with E-state index in [1.165, 1.54) is 6.33 Å².